The van der Waals surface area contributed by atoms with Crippen molar-refractivity contribution < 1.29 is 4.92 Å². The third kappa shape index (κ3) is 5.05. The molecule has 0 amide bonds. The van der Waals surface area contributed by atoms with E-state index in [9.17, 15) is 10.1 Å². The van der Waals surface area contributed by atoms with Crippen molar-refractivity contribution in [3.63, 3.8) is 0 Å². The molecule has 0 spiro atoms. The molecule has 0 heterocycles. The number of alkyl halides is 1. The highest BCUT2D eigenvalue weighted by Gasteiger charge is 2.28. The van der Waals surface area contributed by atoms with Crippen LogP contribution in [0.15, 0.2) is 0 Å². The first-order valence-corrected chi connectivity index (χ1v) is 5.04. The minimum Gasteiger partial charge on any atom is -0.330 e. The van der Waals surface area contributed by atoms with Crippen molar-refractivity contribution in [2.45, 2.75) is 44.0 Å². The Labute approximate surface area is 83.6 Å². The molecule has 13 heavy (non-hydrogen) atoms. The number of nitrogens with two attached hydrogens (primary N) is 1. The van der Waals surface area contributed by atoms with Gasteiger partial charge in [0.05, 0.1) is 0 Å². The molecule has 4 nitrogen and oxygen atoms in total. The summed E-state index contributed by atoms with van der Waals surface area (Å²) in [6.45, 7) is 2.36. The number of halogens is 1. The van der Waals surface area contributed by atoms with Crippen LogP contribution in [0.5, 0.6) is 0 Å². The van der Waals surface area contributed by atoms with Crippen LogP contribution in [-0.4, -0.2) is 22.9 Å². The van der Waals surface area contributed by atoms with Crippen molar-refractivity contribution >= 4 is 11.6 Å². The van der Waals surface area contributed by atoms with E-state index in [2.05, 4.69) is 0 Å². The van der Waals surface area contributed by atoms with Crippen LogP contribution in [-0.2, 0) is 0 Å². The summed E-state index contributed by atoms with van der Waals surface area (Å²) in [6, 6.07) is -0.682. The molecule has 78 valence electrons. The lowest BCUT2D eigenvalue weighted by Crippen LogP contribution is -2.32. The number of hydrogen-bond acceptors (Lipinski definition) is 3. The number of rotatable bonds is 7. The van der Waals surface area contributed by atoms with Crippen LogP contribution in [0.1, 0.15) is 32.6 Å². The first-order valence-electron chi connectivity index (χ1n) is 4.61. The average Bonchev–Trinajstić information content (AvgIpc) is 2.09. The Morgan fingerprint density at radius 2 is 2.15 bits per heavy atom. The first-order chi connectivity index (χ1) is 6.13. The van der Waals surface area contributed by atoms with E-state index in [-0.39, 0.29) is 10.3 Å². The zero-order valence-corrected chi connectivity index (χ0v) is 8.67. The lowest BCUT2D eigenvalue weighted by molar-refractivity contribution is -0.522. The Morgan fingerprint density at radius 3 is 2.54 bits per heavy atom. The third-order valence-corrected chi connectivity index (χ3v) is 2.49. The van der Waals surface area contributed by atoms with Gasteiger partial charge in [-0.25, -0.2) is 0 Å². The fourth-order valence-corrected chi connectivity index (χ4v) is 1.55. The molecular formula is C8H17ClN2O2. The smallest absolute Gasteiger partial charge is 0.230 e. The summed E-state index contributed by atoms with van der Waals surface area (Å²) in [7, 11) is 0. The third-order valence-electron chi connectivity index (χ3n) is 1.98. The minimum atomic E-state index is -0.682. The molecule has 0 aliphatic rings. The van der Waals surface area contributed by atoms with Gasteiger partial charge in [0.2, 0.25) is 6.04 Å². The molecule has 0 saturated carbocycles. The second-order valence-electron chi connectivity index (χ2n) is 3.09. The fourth-order valence-electron chi connectivity index (χ4n) is 1.18. The molecule has 0 bridgehead atoms. The lowest BCUT2D eigenvalue weighted by Gasteiger charge is -2.13. The van der Waals surface area contributed by atoms with E-state index in [0.29, 0.717) is 19.4 Å². The summed E-state index contributed by atoms with van der Waals surface area (Å²) in [5, 5.41) is 10.2. The first kappa shape index (κ1) is 12.7. The second-order valence-corrected chi connectivity index (χ2v) is 3.65. The van der Waals surface area contributed by atoms with E-state index in [1.807, 2.05) is 6.92 Å². The van der Waals surface area contributed by atoms with Gasteiger partial charge >= 0.3 is 0 Å². The fraction of sp³-hybridized carbons (Fsp3) is 1.00. The van der Waals surface area contributed by atoms with Gasteiger partial charge in [-0.2, -0.15) is 0 Å². The molecule has 2 N–H and O–H groups in total. The summed E-state index contributed by atoms with van der Waals surface area (Å²) in [6.07, 6.45) is 3.01. The van der Waals surface area contributed by atoms with Crippen LogP contribution < -0.4 is 5.73 Å². The maximum Gasteiger partial charge on any atom is 0.230 e. The zero-order valence-electron chi connectivity index (χ0n) is 7.91. The molecule has 0 aliphatic carbocycles. The van der Waals surface area contributed by atoms with Crippen LogP contribution in [0.3, 0.4) is 0 Å². The van der Waals surface area contributed by atoms with Crippen molar-refractivity contribution in [3.8, 4) is 0 Å². The Bertz CT molecular complexity index is 155. The van der Waals surface area contributed by atoms with Crippen LogP contribution in [0.2, 0.25) is 0 Å². The predicted octanol–water partition coefficient (Wildman–Crippen LogP) is 1.78. The number of hydrogen-bond donors (Lipinski definition) is 1. The summed E-state index contributed by atoms with van der Waals surface area (Å²) in [5.74, 6) is 0. The molecular weight excluding hydrogens is 192 g/mol. The van der Waals surface area contributed by atoms with Crippen LogP contribution >= 0.6 is 11.6 Å². The van der Waals surface area contributed by atoms with Gasteiger partial charge in [0.15, 0.2) is 0 Å². The average molecular weight is 209 g/mol. The molecule has 0 rings (SSSR count). The standard InChI is InChI=1S/C8H17ClN2O2/c1-2-3-4-7(9)8(5-6-10)11(12)13/h7-8H,2-6,10H2,1H3. The zero-order chi connectivity index (χ0) is 10.3. The Hall–Kier alpha value is -0.350. The summed E-state index contributed by atoms with van der Waals surface area (Å²) < 4.78 is 0. The van der Waals surface area contributed by atoms with Crippen LogP contribution in [0.4, 0.5) is 0 Å². The van der Waals surface area contributed by atoms with E-state index in [1.165, 1.54) is 0 Å². The van der Waals surface area contributed by atoms with Gasteiger partial charge in [0.1, 0.15) is 5.38 Å². The van der Waals surface area contributed by atoms with Gasteiger partial charge in [0.25, 0.3) is 0 Å². The molecule has 5 heteroatoms. The van der Waals surface area contributed by atoms with E-state index >= 15 is 0 Å². The topological polar surface area (TPSA) is 69.2 Å². The van der Waals surface area contributed by atoms with E-state index in [1.54, 1.807) is 0 Å². The summed E-state index contributed by atoms with van der Waals surface area (Å²) in [4.78, 5) is 10.2. The molecule has 0 aromatic rings. The highest BCUT2D eigenvalue weighted by Crippen LogP contribution is 2.16. The number of unbranched alkanes of at least 4 members (excludes halogenated alkanes) is 1. The maximum atomic E-state index is 10.6. The monoisotopic (exact) mass is 208 g/mol. The number of nitro groups is 1. The van der Waals surface area contributed by atoms with Gasteiger partial charge in [-0.05, 0) is 13.0 Å². The molecule has 2 atom stereocenters. The molecule has 0 radical (unpaired) electrons. The van der Waals surface area contributed by atoms with Crippen molar-refractivity contribution in [1.29, 1.82) is 0 Å². The van der Waals surface area contributed by atoms with E-state index in [4.69, 9.17) is 17.3 Å². The minimum absolute atomic E-state index is 0.319. The highest BCUT2D eigenvalue weighted by atomic mass is 35.5. The molecule has 0 saturated heterocycles. The van der Waals surface area contributed by atoms with Gasteiger partial charge in [-0.3, -0.25) is 10.1 Å². The SMILES string of the molecule is CCCCC(Cl)C(CCN)[N+](=O)[O-]. The maximum absolute atomic E-state index is 10.6. The molecule has 0 aliphatic heterocycles. The number of nitrogens with zero attached hydrogens (tertiary/aromatic N) is 1. The lowest BCUT2D eigenvalue weighted by atomic mass is 10.1. The van der Waals surface area contributed by atoms with Crippen LogP contribution in [0, 0.1) is 10.1 Å². The highest BCUT2D eigenvalue weighted by molar-refractivity contribution is 6.21. The second kappa shape index (κ2) is 7.09. The van der Waals surface area contributed by atoms with E-state index in [0.717, 1.165) is 12.8 Å². The van der Waals surface area contributed by atoms with E-state index < -0.39 is 6.04 Å². The van der Waals surface area contributed by atoms with Gasteiger partial charge in [-0.15, -0.1) is 11.6 Å². The van der Waals surface area contributed by atoms with Crippen LogP contribution in [0.25, 0.3) is 0 Å². The molecule has 0 fully saturated rings. The normalized spacial score (nSPS) is 15.3. The van der Waals surface area contributed by atoms with Gasteiger partial charge in [-0.1, -0.05) is 19.8 Å². The Morgan fingerprint density at radius 1 is 1.54 bits per heavy atom. The largest absolute Gasteiger partial charge is 0.330 e. The van der Waals surface area contributed by atoms with Crippen molar-refractivity contribution in [1.82, 2.24) is 0 Å². The Balaban J connectivity index is 3.95. The van der Waals surface area contributed by atoms with Crippen molar-refractivity contribution in [3.05, 3.63) is 10.1 Å². The summed E-state index contributed by atoms with van der Waals surface area (Å²) >= 11 is 5.90. The Kier molecular flexibility index (Phi) is 6.90. The molecule has 2 unspecified atom stereocenters. The van der Waals surface area contributed by atoms with Crippen molar-refractivity contribution in [2.75, 3.05) is 6.54 Å². The quantitative estimate of drug-likeness (QED) is 0.394. The van der Waals surface area contributed by atoms with Gasteiger partial charge in [0, 0.05) is 11.3 Å². The van der Waals surface area contributed by atoms with Gasteiger partial charge < -0.3 is 5.73 Å². The predicted molar refractivity (Wildman–Crippen MR) is 53.6 cm³/mol. The molecule has 0 aromatic heterocycles. The van der Waals surface area contributed by atoms with Crippen molar-refractivity contribution in [2.24, 2.45) is 5.73 Å². The summed E-state index contributed by atoms with van der Waals surface area (Å²) in [5.41, 5.74) is 5.27. The molecule has 0 aromatic carbocycles.